The van der Waals surface area contributed by atoms with Crippen molar-refractivity contribution in [3.63, 3.8) is 0 Å². The molecule has 9 heteroatoms. The number of aliphatic carboxylic acids is 1. The van der Waals surface area contributed by atoms with Crippen LogP contribution >= 0.6 is 23.2 Å². The highest BCUT2D eigenvalue weighted by atomic mass is 35.5. The molecule has 198 valence electrons. The van der Waals surface area contributed by atoms with Gasteiger partial charge in [-0.15, -0.1) is 0 Å². The fourth-order valence-corrected chi connectivity index (χ4v) is 4.55. The molecule has 0 heterocycles. The van der Waals surface area contributed by atoms with E-state index in [0.29, 0.717) is 54.5 Å². The van der Waals surface area contributed by atoms with E-state index in [1.807, 2.05) is 24.3 Å². The van der Waals surface area contributed by atoms with Crippen molar-refractivity contribution < 1.29 is 27.8 Å². The van der Waals surface area contributed by atoms with E-state index in [-0.39, 0.29) is 17.5 Å². The summed E-state index contributed by atoms with van der Waals surface area (Å²) in [5.41, 5.74) is 1.27. The van der Waals surface area contributed by atoms with Gasteiger partial charge in [-0.1, -0.05) is 66.5 Å². The number of carboxylic acid groups (broad SMARTS) is 1. The van der Waals surface area contributed by atoms with Gasteiger partial charge in [-0.05, 0) is 53.3 Å². The monoisotopic (exact) mass is 553 g/mol. The van der Waals surface area contributed by atoms with Crippen LogP contribution in [0.1, 0.15) is 42.4 Å². The summed E-state index contributed by atoms with van der Waals surface area (Å²) in [6.07, 6.45) is 2.87. The molecule has 1 atom stereocenters. The molecule has 2 aromatic rings. The summed E-state index contributed by atoms with van der Waals surface area (Å²) in [6.45, 7) is 3.83. The molecule has 3 rings (SSSR count). The first kappa shape index (κ1) is 28.8. The second-order valence-corrected chi connectivity index (χ2v) is 9.71. The third kappa shape index (κ3) is 8.95. The van der Waals surface area contributed by atoms with Crippen LogP contribution in [0.2, 0.25) is 10.0 Å². The van der Waals surface area contributed by atoms with Gasteiger partial charge in [0.2, 0.25) is 0 Å². The van der Waals surface area contributed by atoms with Crippen molar-refractivity contribution in [2.45, 2.75) is 38.4 Å². The summed E-state index contributed by atoms with van der Waals surface area (Å²) in [4.78, 5) is 13.0. The molecule has 2 aromatic carbocycles. The molecule has 0 spiro atoms. The molecule has 0 saturated carbocycles. The van der Waals surface area contributed by atoms with Crippen molar-refractivity contribution in [3.8, 4) is 0 Å². The van der Waals surface area contributed by atoms with Gasteiger partial charge in [-0.2, -0.15) is 13.2 Å². The van der Waals surface area contributed by atoms with Crippen LogP contribution in [0.3, 0.4) is 0 Å². The number of nitrogens with zero attached hydrogens (tertiary/aromatic N) is 1. The maximum Gasteiger partial charge on any atom is 0.417 e. The Labute approximate surface area is 224 Å². The second kappa shape index (κ2) is 13.2. The Hall–Kier alpha value is -2.74. The largest absolute Gasteiger partial charge is 0.498 e. The van der Waals surface area contributed by atoms with Gasteiger partial charge in [0, 0.05) is 37.2 Å². The van der Waals surface area contributed by atoms with E-state index in [1.54, 1.807) is 24.3 Å². The average Bonchev–Trinajstić information content (AvgIpc) is 2.82. The van der Waals surface area contributed by atoms with E-state index in [9.17, 15) is 18.0 Å². The number of hydrogen-bond donors (Lipinski definition) is 1. The lowest BCUT2D eigenvalue weighted by atomic mass is 10.00. The van der Waals surface area contributed by atoms with Gasteiger partial charge < -0.3 is 9.84 Å². The molecular weight excluding hydrogens is 526 g/mol. The van der Waals surface area contributed by atoms with Crippen LogP contribution in [0.25, 0.3) is 0 Å². The van der Waals surface area contributed by atoms with E-state index in [1.165, 1.54) is 6.07 Å². The summed E-state index contributed by atoms with van der Waals surface area (Å²) >= 11 is 12.2. The Morgan fingerprint density at radius 3 is 2.59 bits per heavy atom. The molecule has 0 fully saturated rings. The number of rotatable bonds is 11. The van der Waals surface area contributed by atoms with Gasteiger partial charge in [0.05, 0.1) is 17.2 Å². The lowest BCUT2D eigenvalue weighted by Crippen LogP contribution is -2.29. The molecule has 1 aliphatic rings. The Bertz CT molecular complexity index is 1170. The van der Waals surface area contributed by atoms with Crippen molar-refractivity contribution >= 4 is 29.2 Å². The van der Waals surface area contributed by atoms with Crippen LogP contribution in [0, 0.1) is 0 Å². The Kier molecular flexibility index (Phi) is 10.3. The van der Waals surface area contributed by atoms with E-state index in [4.69, 9.17) is 33.0 Å². The number of halogens is 5. The summed E-state index contributed by atoms with van der Waals surface area (Å²) in [6, 6.07) is 11.5. The fraction of sp³-hybridized carbons (Fsp3) is 0.321. The van der Waals surface area contributed by atoms with Crippen LogP contribution in [-0.4, -0.2) is 35.7 Å². The quantitative estimate of drug-likeness (QED) is 0.227. The topological polar surface area (TPSA) is 49.8 Å². The van der Waals surface area contributed by atoms with E-state index < -0.39 is 17.7 Å². The Morgan fingerprint density at radius 1 is 1.19 bits per heavy atom. The summed E-state index contributed by atoms with van der Waals surface area (Å²) in [7, 11) is 0. The molecule has 0 bridgehead atoms. The van der Waals surface area contributed by atoms with Crippen LogP contribution < -0.4 is 0 Å². The van der Waals surface area contributed by atoms with Crippen LogP contribution in [-0.2, 0) is 22.3 Å². The maximum atomic E-state index is 13.4. The van der Waals surface area contributed by atoms with Crippen LogP contribution in [0.15, 0.2) is 78.1 Å². The average molecular weight is 554 g/mol. The van der Waals surface area contributed by atoms with E-state index in [2.05, 4.69) is 11.8 Å². The van der Waals surface area contributed by atoms with Crippen molar-refractivity contribution in [2.24, 2.45) is 0 Å². The minimum absolute atomic E-state index is 0.0951. The second-order valence-electron chi connectivity index (χ2n) is 8.89. The van der Waals surface area contributed by atoms with Gasteiger partial charge in [-0.3, -0.25) is 4.90 Å². The van der Waals surface area contributed by atoms with Gasteiger partial charge in [0.25, 0.3) is 0 Å². The van der Waals surface area contributed by atoms with Crippen molar-refractivity contribution in [2.75, 3.05) is 19.7 Å². The summed E-state index contributed by atoms with van der Waals surface area (Å²) in [5.74, 6) is -0.255. The molecule has 0 radical (unpaired) electrons. The lowest BCUT2D eigenvalue weighted by molar-refractivity contribution is -0.137. The Morgan fingerprint density at radius 2 is 1.92 bits per heavy atom. The number of hydrogen-bond acceptors (Lipinski definition) is 3. The molecule has 37 heavy (non-hydrogen) atoms. The fourth-order valence-electron chi connectivity index (χ4n) is 4.13. The predicted molar refractivity (Wildman–Crippen MR) is 140 cm³/mol. The Balaban J connectivity index is 1.67. The van der Waals surface area contributed by atoms with Crippen molar-refractivity contribution in [3.05, 3.63) is 105 Å². The number of alkyl halides is 3. The molecular formula is C28H28Cl2F3NO3. The lowest BCUT2D eigenvalue weighted by Gasteiger charge is -2.27. The highest BCUT2D eigenvalue weighted by molar-refractivity contribution is 6.32. The number of allylic oxidation sites excluding steroid dienone is 4. The van der Waals surface area contributed by atoms with Crippen LogP contribution in [0.4, 0.5) is 13.2 Å². The highest BCUT2D eigenvalue weighted by Crippen LogP contribution is 2.36. The molecule has 1 aliphatic carbocycles. The molecule has 0 amide bonds. The minimum Gasteiger partial charge on any atom is -0.498 e. The zero-order valence-electron chi connectivity index (χ0n) is 20.3. The molecule has 0 aromatic heterocycles. The van der Waals surface area contributed by atoms with E-state index in [0.717, 1.165) is 17.7 Å². The minimum atomic E-state index is -4.53. The van der Waals surface area contributed by atoms with E-state index >= 15 is 0 Å². The molecule has 4 nitrogen and oxygen atoms in total. The highest BCUT2D eigenvalue weighted by Gasteiger charge is 2.34. The van der Waals surface area contributed by atoms with Gasteiger partial charge >= 0.3 is 12.1 Å². The predicted octanol–water partition coefficient (Wildman–Crippen LogP) is 7.88. The maximum absolute atomic E-state index is 13.4. The SMILES string of the molecule is CC(CN(CCCOC1=CC=C/C(=C\C(=O)O)C1)Cc1cccc(C(F)(F)F)c1Cl)c1ccc(Cl)cc1. The molecule has 1 N–H and O–H groups in total. The first-order chi connectivity index (χ1) is 17.5. The third-order valence-electron chi connectivity index (χ3n) is 5.93. The molecule has 0 saturated heterocycles. The third-order valence-corrected chi connectivity index (χ3v) is 6.63. The first-order valence-corrected chi connectivity index (χ1v) is 12.5. The standard InChI is InChI=1S/C28H28Cl2F3NO3/c1-19(21-9-11-23(29)12-10-21)17-34(18-22-6-3-8-25(27(22)30)28(31,32)33)13-4-14-37-24-7-2-5-20(15-24)16-26(35)36/h2-3,5-12,16,19H,4,13-15,17-18H2,1H3,(H,35,36)/b20-16+. The first-order valence-electron chi connectivity index (χ1n) is 11.8. The number of carboxylic acids is 1. The number of carbonyl (C=O) groups is 1. The summed E-state index contributed by atoms with van der Waals surface area (Å²) in [5, 5.41) is 9.29. The van der Waals surface area contributed by atoms with Gasteiger partial charge in [0.1, 0.15) is 5.76 Å². The zero-order valence-corrected chi connectivity index (χ0v) is 21.8. The van der Waals surface area contributed by atoms with Gasteiger partial charge in [-0.25, -0.2) is 4.79 Å². The summed E-state index contributed by atoms with van der Waals surface area (Å²) < 4.78 is 46.0. The van der Waals surface area contributed by atoms with Crippen molar-refractivity contribution in [1.29, 1.82) is 0 Å². The van der Waals surface area contributed by atoms with Gasteiger partial charge in [0.15, 0.2) is 0 Å². The van der Waals surface area contributed by atoms with Crippen LogP contribution in [0.5, 0.6) is 0 Å². The smallest absolute Gasteiger partial charge is 0.417 e. The van der Waals surface area contributed by atoms with Crippen molar-refractivity contribution in [1.82, 2.24) is 4.90 Å². The molecule has 0 aliphatic heterocycles. The zero-order chi connectivity index (χ0) is 27.0. The normalized spacial score (nSPS) is 15.6. The number of benzene rings is 2. The number of ether oxygens (including phenoxy) is 1. The molecule has 1 unspecified atom stereocenters.